The lowest BCUT2D eigenvalue weighted by molar-refractivity contribution is -0.118. The Hall–Kier alpha value is -4.66. The van der Waals surface area contributed by atoms with Gasteiger partial charge in [0.2, 0.25) is 5.78 Å². The molecule has 1 heterocycles. The van der Waals surface area contributed by atoms with E-state index < -0.39 is 24.3 Å². The Bertz CT molecular complexity index is 1450. The van der Waals surface area contributed by atoms with Crippen LogP contribution >= 0.6 is 0 Å². The monoisotopic (exact) mass is 504 g/mol. The maximum absolute atomic E-state index is 13.0. The van der Waals surface area contributed by atoms with E-state index in [0.717, 1.165) is 22.9 Å². The predicted molar refractivity (Wildman–Crippen MR) is 136 cm³/mol. The fraction of sp³-hybridized carbons (Fsp3) is 0.179. The lowest BCUT2D eigenvalue weighted by Gasteiger charge is -2.12. The third kappa shape index (κ3) is 5.95. The molecule has 1 amide bonds. The van der Waals surface area contributed by atoms with Crippen molar-refractivity contribution < 1.29 is 33.0 Å². The molecule has 0 aliphatic carbocycles. The van der Waals surface area contributed by atoms with Crippen LogP contribution in [-0.4, -0.2) is 43.0 Å². The molecule has 0 radical (unpaired) electrons. The van der Waals surface area contributed by atoms with E-state index in [1.165, 1.54) is 49.6 Å². The zero-order valence-electron chi connectivity index (χ0n) is 20.3. The van der Waals surface area contributed by atoms with Crippen LogP contribution in [0.1, 0.15) is 33.2 Å². The van der Waals surface area contributed by atoms with Gasteiger partial charge in [0.05, 0.1) is 12.7 Å². The topological polar surface area (TPSA) is 107 Å². The van der Waals surface area contributed by atoms with Gasteiger partial charge in [-0.05, 0) is 54.4 Å². The van der Waals surface area contributed by atoms with E-state index in [0.29, 0.717) is 11.3 Å². The van der Waals surface area contributed by atoms with Crippen LogP contribution in [0.2, 0.25) is 0 Å². The average molecular weight is 505 g/mol. The molecule has 9 heteroatoms. The molecule has 8 nitrogen and oxygen atoms in total. The standard InChI is InChI=1S/C28H25FN2O6/c1-3-17-5-4-6-21-22(14-30-27(17)21)23(32)15-37-28(34)18-7-12-24(25(13-18)35-2)36-16-26(33)31-20-10-8-19(29)9-11-20/h4-14,30H,3,15-16H2,1-2H3,(H,31,33). The number of methoxy groups -OCH3 is 1. The van der Waals surface area contributed by atoms with Crippen molar-refractivity contribution in [1.82, 2.24) is 4.98 Å². The van der Waals surface area contributed by atoms with Gasteiger partial charge in [-0.2, -0.15) is 0 Å². The summed E-state index contributed by atoms with van der Waals surface area (Å²) in [4.78, 5) is 40.6. The number of hydrogen-bond donors (Lipinski definition) is 2. The van der Waals surface area contributed by atoms with Crippen LogP contribution in [0.15, 0.2) is 66.9 Å². The van der Waals surface area contributed by atoms with Gasteiger partial charge in [-0.25, -0.2) is 9.18 Å². The first-order valence-electron chi connectivity index (χ1n) is 11.5. The van der Waals surface area contributed by atoms with E-state index in [1.54, 1.807) is 6.20 Å². The highest BCUT2D eigenvalue weighted by molar-refractivity contribution is 6.09. The molecule has 0 spiro atoms. The van der Waals surface area contributed by atoms with Gasteiger partial charge in [0.15, 0.2) is 24.7 Å². The van der Waals surface area contributed by atoms with Gasteiger partial charge in [-0.1, -0.05) is 25.1 Å². The molecule has 1 aromatic heterocycles. The molecule has 190 valence electrons. The van der Waals surface area contributed by atoms with Gasteiger partial charge < -0.3 is 24.5 Å². The lowest BCUT2D eigenvalue weighted by atomic mass is 10.1. The molecule has 0 bridgehead atoms. The number of esters is 1. The maximum atomic E-state index is 13.0. The number of para-hydroxylation sites is 1. The lowest BCUT2D eigenvalue weighted by Crippen LogP contribution is -2.20. The number of halogens is 1. The Morgan fingerprint density at radius 1 is 0.973 bits per heavy atom. The zero-order chi connectivity index (χ0) is 26.4. The number of hydrogen-bond acceptors (Lipinski definition) is 6. The van der Waals surface area contributed by atoms with Crippen LogP contribution in [0.4, 0.5) is 10.1 Å². The second-order valence-electron chi connectivity index (χ2n) is 8.10. The van der Waals surface area contributed by atoms with Crippen molar-refractivity contribution in [2.24, 2.45) is 0 Å². The Labute approximate surface area is 212 Å². The molecule has 0 fully saturated rings. The average Bonchev–Trinajstić information content (AvgIpc) is 3.36. The van der Waals surface area contributed by atoms with Gasteiger partial charge in [0.1, 0.15) is 5.82 Å². The predicted octanol–water partition coefficient (Wildman–Crippen LogP) is 4.94. The summed E-state index contributed by atoms with van der Waals surface area (Å²) in [6.45, 7) is 1.27. The summed E-state index contributed by atoms with van der Waals surface area (Å²) in [5, 5.41) is 3.37. The molecular weight excluding hydrogens is 479 g/mol. The smallest absolute Gasteiger partial charge is 0.338 e. The van der Waals surface area contributed by atoms with E-state index in [4.69, 9.17) is 14.2 Å². The third-order valence-electron chi connectivity index (χ3n) is 5.70. The van der Waals surface area contributed by atoms with E-state index in [1.807, 2.05) is 25.1 Å². The molecule has 0 aliphatic heterocycles. The normalized spacial score (nSPS) is 10.7. The van der Waals surface area contributed by atoms with Crippen LogP contribution in [0, 0.1) is 5.82 Å². The molecule has 0 unspecified atom stereocenters. The van der Waals surface area contributed by atoms with Crippen LogP contribution in [0.3, 0.4) is 0 Å². The first kappa shape index (κ1) is 25.4. The SMILES string of the molecule is CCc1cccc2c(C(=O)COC(=O)c3ccc(OCC(=O)Nc4ccc(F)cc4)c(OC)c3)c[nH]c12. The number of H-pyrrole nitrogens is 1. The number of ketones is 1. The molecule has 2 N–H and O–H groups in total. The minimum Gasteiger partial charge on any atom is -0.493 e. The van der Waals surface area contributed by atoms with Crippen molar-refractivity contribution >= 4 is 34.3 Å². The first-order valence-corrected chi connectivity index (χ1v) is 11.5. The minimum atomic E-state index is -0.707. The quantitative estimate of drug-likeness (QED) is 0.234. The van der Waals surface area contributed by atoms with Crippen LogP contribution in [0.25, 0.3) is 10.9 Å². The van der Waals surface area contributed by atoms with Gasteiger partial charge in [-0.15, -0.1) is 0 Å². The van der Waals surface area contributed by atoms with Gasteiger partial charge >= 0.3 is 5.97 Å². The Morgan fingerprint density at radius 2 is 1.76 bits per heavy atom. The molecule has 3 aromatic carbocycles. The van der Waals surface area contributed by atoms with Gasteiger partial charge in [0.25, 0.3) is 5.91 Å². The number of fused-ring (bicyclic) bond motifs is 1. The van der Waals surface area contributed by atoms with Crippen LogP contribution in [-0.2, 0) is 16.0 Å². The number of carbonyl (C=O) groups is 3. The van der Waals surface area contributed by atoms with Crippen molar-refractivity contribution in [2.75, 3.05) is 25.6 Å². The summed E-state index contributed by atoms with van der Waals surface area (Å²) in [5.41, 5.74) is 3.02. The number of ether oxygens (including phenoxy) is 3. The second-order valence-corrected chi connectivity index (χ2v) is 8.10. The highest BCUT2D eigenvalue weighted by Crippen LogP contribution is 2.29. The molecule has 0 atom stereocenters. The molecule has 4 rings (SSSR count). The van der Waals surface area contributed by atoms with Crippen LogP contribution in [0.5, 0.6) is 11.5 Å². The second kappa shape index (κ2) is 11.4. The summed E-state index contributed by atoms with van der Waals surface area (Å²) in [5.74, 6) is -1.47. The highest BCUT2D eigenvalue weighted by Gasteiger charge is 2.18. The Morgan fingerprint density at radius 3 is 2.49 bits per heavy atom. The fourth-order valence-electron chi connectivity index (χ4n) is 3.82. The van der Waals surface area contributed by atoms with E-state index in [2.05, 4.69) is 10.3 Å². The highest BCUT2D eigenvalue weighted by atomic mass is 19.1. The number of aromatic amines is 1. The summed E-state index contributed by atoms with van der Waals surface area (Å²) in [6.07, 6.45) is 2.45. The molecule has 37 heavy (non-hydrogen) atoms. The largest absolute Gasteiger partial charge is 0.493 e. The number of rotatable bonds is 10. The summed E-state index contributed by atoms with van der Waals surface area (Å²) >= 11 is 0. The zero-order valence-corrected chi connectivity index (χ0v) is 20.3. The number of nitrogens with one attached hydrogen (secondary N) is 2. The number of Topliss-reactive ketones (excluding diaryl/α,β-unsaturated/α-hetero) is 1. The number of amides is 1. The summed E-state index contributed by atoms with van der Waals surface area (Å²) in [6, 6.07) is 15.4. The number of carbonyl (C=O) groups excluding carboxylic acids is 3. The summed E-state index contributed by atoms with van der Waals surface area (Å²) < 4.78 is 29.0. The third-order valence-corrected chi connectivity index (χ3v) is 5.70. The molecule has 0 saturated heterocycles. The van der Waals surface area contributed by atoms with E-state index in [9.17, 15) is 18.8 Å². The first-order chi connectivity index (χ1) is 17.9. The number of aryl methyl sites for hydroxylation is 1. The minimum absolute atomic E-state index is 0.153. The molecule has 0 saturated carbocycles. The van der Waals surface area contributed by atoms with Crippen molar-refractivity contribution in [3.8, 4) is 11.5 Å². The number of aromatic nitrogens is 1. The molecular formula is C28H25FN2O6. The van der Waals surface area contributed by atoms with Crippen molar-refractivity contribution in [3.05, 3.63) is 89.4 Å². The Kier molecular flexibility index (Phi) is 7.83. The van der Waals surface area contributed by atoms with E-state index >= 15 is 0 Å². The summed E-state index contributed by atoms with van der Waals surface area (Å²) in [7, 11) is 1.39. The van der Waals surface area contributed by atoms with Gasteiger partial charge in [0, 0.05) is 28.4 Å². The van der Waals surface area contributed by atoms with Crippen molar-refractivity contribution in [1.29, 1.82) is 0 Å². The van der Waals surface area contributed by atoms with Crippen molar-refractivity contribution in [3.63, 3.8) is 0 Å². The maximum Gasteiger partial charge on any atom is 0.338 e. The Balaban J connectivity index is 1.35. The van der Waals surface area contributed by atoms with Crippen LogP contribution < -0.4 is 14.8 Å². The number of benzene rings is 3. The fourth-order valence-corrected chi connectivity index (χ4v) is 3.82. The van der Waals surface area contributed by atoms with Gasteiger partial charge in [-0.3, -0.25) is 9.59 Å². The number of anilines is 1. The van der Waals surface area contributed by atoms with Crippen molar-refractivity contribution in [2.45, 2.75) is 13.3 Å². The van der Waals surface area contributed by atoms with E-state index in [-0.39, 0.29) is 29.5 Å². The molecule has 0 aliphatic rings. The molecule has 4 aromatic rings.